The summed E-state index contributed by atoms with van der Waals surface area (Å²) in [6, 6.07) is 0. The molecule has 0 heterocycles. The molecule has 1 fully saturated rings. The summed E-state index contributed by atoms with van der Waals surface area (Å²) in [4.78, 5) is 10.8. The number of hydrogen-bond acceptors (Lipinski definition) is 2. The average Bonchev–Trinajstić information content (AvgIpc) is 2.05. The van der Waals surface area contributed by atoms with Crippen molar-refractivity contribution in [3.63, 3.8) is 0 Å². The van der Waals surface area contributed by atoms with Crippen LogP contribution in [0.25, 0.3) is 0 Å². The lowest BCUT2D eigenvalue weighted by Gasteiger charge is -2.22. The topological polar surface area (TPSA) is 26.3 Å². The fourth-order valence-electron chi connectivity index (χ4n) is 1.63. The molecule has 2 nitrogen and oxygen atoms in total. The van der Waals surface area contributed by atoms with E-state index in [4.69, 9.17) is 4.74 Å². The van der Waals surface area contributed by atoms with Crippen molar-refractivity contribution in [3.8, 4) is 0 Å². The molecule has 1 rings (SSSR count). The van der Waals surface area contributed by atoms with E-state index in [1.54, 1.807) is 20.1 Å². The minimum atomic E-state index is 0.167. The highest BCUT2D eigenvalue weighted by Gasteiger charge is 2.15. The Balaban J connectivity index is 2.40. The summed E-state index contributed by atoms with van der Waals surface area (Å²) in [5.41, 5.74) is 1.29. The second-order valence-corrected chi connectivity index (χ2v) is 3.35. The van der Waals surface area contributed by atoms with Crippen LogP contribution >= 0.6 is 0 Å². The van der Waals surface area contributed by atoms with Gasteiger partial charge in [0.05, 0.1) is 6.10 Å². The van der Waals surface area contributed by atoms with Crippen LogP contribution in [0.2, 0.25) is 0 Å². The van der Waals surface area contributed by atoms with Gasteiger partial charge in [-0.15, -0.1) is 0 Å². The van der Waals surface area contributed by atoms with Crippen molar-refractivity contribution in [2.24, 2.45) is 0 Å². The van der Waals surface area contributed by atoms with Crippen LogP contribution in [0.15, 0.2) is 11.6 Å². The Labute approximate surface area is 73.6 Å². The monoisotopic (exact) mass is 168 g/mol. The maximum atomic E-state index is 10.8. The number of methoxy groups -OCH3 is 1. The van der Waals surface area contributed by atoms with E-state index in [2.05, 4.69) is 0 Å². The zero-order valence-electron chi connectivity index (χ0n) is 7.80. The van der Waals surface area contributed by atoms with Gasteiger partial charge in [-0.25, -0.2) is 0 Å². The standard InChI is InChI=1S/C10H16O2/c1-8(11)7-9-3-5-10(12-2)6-4-9/h7,10H,3-6H2,1-2H3. The molecule has 0 aliphatic heterocycles. The van der Waals surface area contributed by atoms with Crippen LogP contribution in [0, 0.1) is 0 Å². The molecule has 0 unspecified atom stereocenters. The number of ketones is 1. The third-order valence-corrected chi connectivity index (χ3v) is 2.32. The number of carbonyl (C=O) groups is 1. The number of hydrogen-bond donors (Lipinski definition) is 0. The fraction of sp³-hybridized carbons (Fsp3) is 0.700. The zero-order chi connectivity index (χ0) is 8.97. The Morgan fingerprint density at radius 2 is 2.08 bits per heavy atom. The first kappa shape index (κ1) is 9.46. The van der Waals surface area contributed by atoms with Gasteiger partial charge in [-0.2, -0.15) is 0 Å². The van der Waals surface area contributed by atoms with E-state index in [0.717, 1.165) is 25.7 Å². The molecule has 0 aromatic carbocycles. The molecular weight excluding hydrogens is 152 g/mol. The van der Waals surface area contributed by atoms with Crippen LogP contribution in [0.3, 0.4) is 0 Å². The van der Waals surface area contributed by atoms with E-state index >= 15 is 0 Å². The molecule has 0 amide bonds. The molecule has 68 valence electrons. The maximum Gasteiger partial charge on any atom is 0.152 e. The van der Waals surface area contributed by atoms with E-state index < -0.39 is 0 Å². The SMILES string of the molecule is COC1CCC(=CC(C)=O)CC1. The van der Waals surface area contributed by atoms with Gasteiger partial charge < -0.3 is 4.74 Å². The highest BCUT2D eigenvalue weighted by molar-refractivity contribution is 5.87. The molecule has 1 aliphatic rings. The molecule has 0 aromatic rings. The van der Waals surface area contributed by atoms with Crippen LogP contribution in [0.4, 0.5) is 0 Å². The van der Waals surface area contributed by atoms with E-state index in [1.165, 1.54) is 5.57 Å². The summed E-state index contributed by atoms with van der Waals surface area (Å²) < 4.78 is 5.23. The highest BCUT2D eigenvalue weighted by atomic mass is 16.5. The van der Waals surface area contributed by atoms with E-state index in [-0.39, 0.29) is 5.78 Å². The predicted molar refractivity (Wildman–Crippen MR) is 48.0 cm³/mol. The Kier molecular flexibility index (Phi) is 3.48. The van der Waals surface area contributed by atoms with Gasteiger partial charge in [0, 0.05) is 7.11 Å². The van der Waals surface area contributed by atoms with Crippen molar-refractivity contribution in [3.05, 3.63) is 11.6 Å². The summed E-state index contributed by atoms with van der Waals surface area (Å²) >= 11 is 0. The minimum Gasteiger partial charge on any atom is -0.381 e. The smallest absolute Gasteiger partial charge is 0.152 e. The zero-order valence-corrected chi connectivity index (χ0v) is 7.80. The molecule has 2 heteroatoms. The molecular formula is C10H16O2. The van der Waals surface area contributed by atoms with Crippen molar-refractivity contribution in [2.45, 2.75) is 38.7 Å². The Morgan fingerprint density at radius 1 is 1.50 bits per heavy atom. The molecule has 1 saturated carbocycles. The lowest BCUT2D eigenvalue weighted by Crippen LogP contribution is -2.15. The maximum absolute atomic E-state index is 10.8. The number of allylic oxidation sites excluding steroid dienone is 2. The summed E-state index contributed by atoms with van der Waals surface area (Å²) in [6.07, 6.45) is 6.36. The van der Waals surface area contributed by atoms with Gasteiger partial charge in [0.1, 0.15) is 0 Å². The van der Waals surface area contributed by atoms with Gasteiger partial charge in [-0.3, -0.25) is 4.79 Å². The van der Waals surface area contributed by atoms with Crippen molar-refractivity contribution in [2.75, 3.05) is 7.11 Å². The fourth-order valence-corrected chi connectivity index (χ4v) is 1.63. The number of rotatable bonds is 2. The second-order valence-electron chi connectivity index (χ2n) is 3.35. The summed E-state index contributed by atoms with van der Waals surface area (Å²) in [7, 11) is 1.75. The van der Waals surface area contributed by atoms with E-state index in [0.29, 0.717) is 6.10 Å². The van der Waals surface area contributed by atoms with E-state index in [9.17, 15) is 4.79 Å². The third-order valence-electron chi connectivity index (χ3n) is 2.32. The largest absolute Gasteiger partial charge is 0.381 e. The summed E-state index contributed by atoms with van der Waals surface area (Å²) in [5.74, 6) is 0.167. The molecule has 0 saturated heterocycles. The molecule has 1 aliphatic carbocycles. The van der Waals surface area contributed by atoms with Crippen molar-refractivity contribution in [1.29, 1.82) is 0 Å². The molecule has 0 bridgehead atoms. The van der Waals surface area contributed by atoms with Crippen molar-refractivity contribution in [1.82, 2.24) is 0 Å². The van der Waals surface area contributed by atoms with Crippen LogP contribution in [-0.2, 0) is 9.53 Å². The van der Waals surface area contributed by atoms with Gasteiger partial charge >= 0.3 is 0 Å². The van der Waals surface area contributed by atoms with Crippen molar-refractivity contribution >= 4 is 5.78 Å². The Hall–Kier alpha value is -0.630. The lowest BCUT2D eigenvalue weighted by molar-refractivity contribution is -0.112. The lowest BCUT2D eigenvalue weighted by atomic mass is 9.92. The normalized spacial score (nSPS) is 23.8. The van der Waals surface area contributed by atoms with Crippen molar-refractivity contribution < 1.29 is 9.53 Å². The van der Waals surface area contributed by atoms with Gasteiger partial charge in [0.25, 0.3) is 0 Å². The molecule has 12 heavy (non-hydrogen) atoms. The Bertz CT molecular complexity index is 184. The first-order valence-electron chi connectivity index (χ1n) is 4.45. The number of carbonyl (C=O) groups excluding carboxylic acids is 1. The van der Waals surface area contributed by atoms with Crippen LogP contribution < -0.4 is 0 Å². The minimum absolute atomic E-state index is 0.167. The van der Waals surface area contributed by atoms with Gasteiger partial charge in [0.2, 0.25) is 0 Å². The van der Waals surface area contributed by atoms with E-state index in [1.807, 2.05) is 0 Å². The second kappa shape index (κ2) is 4.41. The summed E-state index contributed by atoms with van der Waals surface area (Å²) in [5, 5.41) is 0. The average molecular weight is 168 g/mol. The third kappa shape index (κ3) is 2.78. The van der Waals surface area contributed by atoms with Crippen LogP contribution in [-0.4, -0.2) is 19.0 Å². The molecule has 0 atom stereocenters. The first-order valence-corrected chi connectivity index (χ1v) is 4.45. The van der Waals surface area contributed by atoms with Gasteiger partial charge in [0.15, 0.2) is 5.78 Å². The first-order chi connectivity index (χ1) is 5.72. The molecule has 0 aromatic heterocycles. The van der Waals surface area contributed by atoms with Crippen LogP contribution in [0.5, 0.6) is 0 Å². The molecule has 0 spiro atoms. The quantitative estimate of drug-likeness (QED) is 0.590. The van der Waals surface area contributed by atoms with Gasteiger partial charge in [-0.05, 0) is 38.7 Å². The molecule has 0 N–H and O–H groups in total. The predicted octanol–water partition coefficient (Wildman–Crippen LogP) is 2.09. The summed E-state index contributed by atoms with van der Waals surface area (Å²) in [6.45, 7) is 1.61. The highest BCUT2D eigenvalue weighted by Crippen LogP contribution is 2.24. The van der Waals surface area contributed by atoms with Gasteiger partial charge in [-0.1, -0.05) is 5.57 Å². The number of ether oxygens (including phenoxy) is 1. The Morgan fingerprint density at radius 3 is 2.50 bits per heavy atom. The van der Waals surface area contributed by atoms with Crippen LogP contribution in [0.1, 0.15) is 32.6 Å². The molecule has 0 radical (unpaired) electrons.